The largest absolute Gasteiger partial charge is 1.00 e. The summed E-state index contributed by atoms with van der Waals surface area (Å²) in [6.45, 7) is 0. The standard InChI is InChI=1S/C30H62O6S2.2Na/c31-37(32,33)29-27-25-23-21-19-17-15-13-11-9-7-5-3-1-2-4-6-8-10-12-14-16-18-20-22-24-26-28-30-38(34,35)36;;/h1-30H2,(H,31,32,33)(H,34,35,36);;/q;2*+1/p-2. The minimum atomic E-state index is -4.02. The second-order valence-corrected chi connectivity index (χ2v) is 14.5. The molecule has 0 saturated heterocycles. The zero-order valence-electron chi connectivity index (χ0n) is 26.5. The molecule has 0 radical (unpaired) electrons. The zero-order chi connectivity index (χ0) is 28.2. The fourth-order valence-electron chi connectivity index (χ4n) is 5.15. The average molecular weight is 627 g/mol. The van der Waals surface area contributed by atoms with E-state index in [2.05, 4.69) is 0 Å². The first-order valence-corrected chi connectivity index (χ1v) is 19.2. The molecule has 0 bridgehead atoms. The molecule has 0 fully saturated rings. The van der Waals surface area contributed by atoms with Crippen molar-refractivity contribution in [3.63, 3.8) is 0 Å². The van der Waals surface area contributed by atoms with E-state index in [1.807, 2.05) is 0 Å². The van der Waals surface area contributed by atoms with Crippen LogP contribution in [-0.2, 0) is 20.2 Å². The van der Waals surface area contributed by atoms with E-state index in [0.29, 0.717) is 12.8 Å². The van der Waals surface area contributed by atoms with Crippen LogP contribution in [0.1, 0.15) is 180 Å². The van der Waals surface area contributed by atoms with Crippen LogP contribution in [0.3, 0.4) is 0 Å². The summed E-state index contributed by atoms with van der Waals surface area (Å²) in [4.78, 5) is 0. The molecule has 0 aromatic heterocycles. The Balaban J connectivity index is -0.00000684. The van der Waals surface area contributed by atoms with Crippen LogP contribution in [0, 0.1) is 0 Å². The maximum absolute atomic E-state index is 10.5. The Bertz CT molecular complexity index is 643. The second-order valence-electron chi connectivity index (χ2n) is 11.4. The van der Waals surface area contributed by atoms with Gasteiger partial charge in [0.1, 0.15) is 0 Å². The zero-order valence-corrected chi connectivity index (χ0v) is 32.1. The Morgan fingerprint density at radius 2 is 0.350 bits per heavy atom. The number of rotatable bonds is 31. The molecule has 0 atom stereocenters. The molecule has 6 nitrogen and oxygen atoms in total. The summed E-state index contributed by atoms with van der Waals surface area (Å²) < 4.78 is 63.2. The van der Waals surface area contributed by atoms with Crippen LogP contribution in [0.4, 0.5) is 0 Å². The molecule has 0 aromatic carbocycles. The summed E-state index contributed by atoms with van der Waals surface area (Å²) in [6.07, 6.45) is 34.1. The van der Waals surface area contributed by atoms with Gasteiger partial charge in [0, 0.05) is 11.5 Å². The molecule has 40 heavy (non-hydrogen) atoms. The van der Waals surface area contributed by atoms with Gasteiger partial charge in [0.2, 0.25) is 0 Å². The van der Waals surface area contributed by atoms with Crippen molar-refractivity contribution >= 4 is 20.2 Å². The third-order valence-corrected chi connectivity index (χ3v) is 9.12. The molecule has 0 aliphatic carbocycles. The van der Waals surface area contributed by atoms with E-state index < -0.39 is 20.2 Å². The third-order valence-electron chi connectivity index (χ3n) is 7.54. The summed E-state index contributed by atoms with van der Waals surface area (Å²) in [7, 11) is -8.04. The van der Waals surface area contributed by atoms with Gasteiger partial charge in [0.25, 0.3) is 0 Å². The number of hydrogen-bond acceptors (Lipinski definition) is 6. The van der Waals surface area contributed by atoms with Crippen molar-refractivity contribution in [1.82, 2.24) is 0 Å². The molecule has 10 heteroatoms. The molecule has 0 heterocycles. The predicted molar refractivity (Wildman–Crippen MR) is 158 cm³/mol. The van der Waals surface area contributed by atoms with Gasteiger partial charge in [-0.2, -0.15) is 0 Å². The van der Waals surface area contributed by atoms with Gasteiger partial charge in [-0.05, 0) is 12.8 Å². The summed E-state index contributed by atoms with van der Waals surface area (Å²) in [5.41, 5.74) is 0. The normalized spacial score (nSPS) is 11.8. The Morgan fingerprint density at radius 3 is 0.450 bits per heavy atom. The first-order chi connectivity index (χ1) is 18.2. The SMILES string of the molecule is O=S(=O)([O-])CCCCCCCCCCCCCCCCCCCCCCCCCCCCCCS(=O)(=O)[O-].[Na+].[Na+]. The first-order valence-electron chi connectivity index (χ1n) is 16.1. The topological polar surface area (TPSA) is 114 Å². The van der Waals surface area contributed by atoms with Crippen molar-refractivity contribution in [2.24, 2.45) is 0 Å². The summed E-state index contributed by atoms with van der Waals surface area (Å²) >= 11 is 0. The molecule has 0 aliphatic heterocycles. The first kappa shape index (κ1) is 46.2. The smallest absolute Gasteiger partial charge is 0.748 e. The van der Waals surface area contributed by atoms with E-state index in [-0.39, 0.29) is 70.6 Å². The van der Waals surface area contributed by atoms with Crippen molar-refractivity contribution in [3.05, 3.63) is 0 Å². The van der Waals surface area contributed by atoms with Crippen molar-refractivity contribution in [3.8, 4) is 0 Å². The van der Waals surface area contributed by atoms with Gasteiger partial charge in [-0.25, -0.2) is 16.8 Å². The van der Waals surface area contributed by atoms with Crippen LogP contribution in [-0.4, -0.2) is 37.4 Å². The Hall–Kier alpha value is 1.82. The maximum Gasteiger partial charge on any atom is 1.00 e. The van der Waals surface area contributed by atoms with Crippen LogP contribution in [0.2, 0.25) is 0 Å². The minimum Gasteiger partial charge on any atom is -0.748 e. The van der Waals surface area contributed by atoms with Crippen molar-refractivity contribution < 1.29 is 85.1 Å². The Kier molecular flexibility index (Phi) is 39.0. The van der Waals surface area contributed by atoms with Gasteiger partial charge in [0.05, 0.1) is 20.2 Å². The van der Waals surface area contributed by atoms with Gasteiger partial charge in [-0.3, -0.25) is 0 Å². The number of unbranched alkanes of at least 4 members (excludes halogenated alkanes) is 27. The van der Waals surface area contributed by atoms with Gasteiger partial charge >= 0.3 is 59.1 Å². The van der Waals surface area contributed by atoms with E-state index >= 15 is 0 Å². The third kappa shape index (κ3) is 44.3. The van der Waals surface area contributed by atoms with Gasteiger partial charge < -0.3 is 9.11 Å². The average Bonchev–Trinajstić information content (AvgIpc) is 2.84. The monoisotopic (exact) mass is 626 g/mol. The van der Waals surface area contributed by atoms with Gasteiger partial charge in [-0.15, -0.1) is 0 Å². The van der Waals surface area contributed by atoms with Gasteiger partial charge in [0.15, 0.2) is 0 Å². The summed E-state index contributed by atoms with van der Waals surface area (Å²) in [6, 6.07) is 0. The molecule has 0 unspecified atom stereocenters. The summed E-state index contributed by atoms with van der Waals surface area (Å²) in [5, 5.41) is 0. The van der Waals surface area contributed by atoms with Crippen LogP contribution in [0.15, 0.2) is 0 Å². The summed E-state index contributed by atoms with van der Waals surface area (Å²) in [5.74, 6) is -0.406. The molecule has 0 rings (SSSR count). The predicted octanol–water partition coefficient (Wildman–Crippen LogP) is 3.01. The van der Waals surface area contributed by atoms with Crippen molar-refractivity contribution in [2.45, 2.75) is 180 Å². The second kappa shape index (κ2) is 33.7. The molecule has 0 saturated carbocycles. The molecule has 230 valence electrons. The van der Waals surface area contributed by atoms with Crippen molar-refractivity contribution in [1.29, 1.82) is 0 Å². The van der Waals surface area contributed by atoms with Gasteiger partial charge in [-0.1, -0.05) is 167 Å². The quantitative estimate of drug-likeness (QED) is 0.0664. The Labute approximate surface area is 293 Å². The molecular weight excluding hydrogens is 566 g/mol. The van der Waals surface area contributed by atoms with Crippen LogP contribution in [0.5, 0.6) is 0 Å². The molecule has 0 amide bonds. The van der Waals surface area contributed by atoms with Crippen LogP contribution in [0.25, 0.3) is 0 Å². The van der Waals surface area contributed by atoms with E-state index in [1.54, 1.807) is 0 Å². The van der Waals surface area contributed by atoms with E-state index in [1.165, 1.54) is 128 Å². The molecule has 0 aliphatic rings. The van der Waals surface area contributed by atoms with Crippen LogP contribution < -0.4 is 59.1 Å². The van der Waals surface area contributed by atoms with Crippen LogP contribution >= 0.6 is 0 Å². The van der Waals surface area contributed by atoms with E-state index in [0.717, 1.165) is 38.5 Å². The minimum absolute atomic E-state index is 0. The van der Waals surface area contributed by atoms with E-state index in [4.69, 9.17) is 0 Å². The van der Waals surface area contributed by atoms with E-state index in [9.17, 15) is 25.9 Å². The maximum atomic E-state index is 10.5. The number of hydrogen-bond donors (Lipinski definition) is 0. The Morgan fingerprint density at radius 1 is 0.250 bits per heavy atom. The van der Waals surface area contributed by atoms with Crippen molar-refractivity contribution in [2.75, 3.05) is 11.5 Å². The molecule has 0 N–H and O–H groups in total. The molecule has 0 aromatic rings. The fraction of sp³-hybridized carbons (Fsp3) is 1.00. The fourth-order valence-corrected chi connectivity index (χ4v) is 6.27. The molecule has 0 spiro atoms. The molecular formula is C30H60Na2O6S2.